The maximum absolute atomic E-state index is 11.8. The fourth-order valence-electron chi connectivity index (χ4n) is 2.78. The number of hydrogen-bond acceptors (Lipinski definition) is 3. The van der Waals surface area contributed by atoms with Crippen molar-refractivity contribution in [3.8, 4) is 0 Å². The van der Waals surface area contributed by atoms with Crippen LogP contribution >= 0.6 is 0 Å². The van der Waals surface area contributed by atoms with Crippen LogP contribution in [0.1, 0.15) is 44.9 Å². The number of ether oxygens (including phenoxy) is 1. The first-order valence-electron chi connectivity index (χ1n) is 7.97. The summed E-state index contributed by atoms with van der Waals surface area (Å²) in [7, 11) is 0. The van der Waals surface area contributed by atoms with E-state index < -0.39 is 0 Å². The van der Waals surface area contributed by atoms with Crippen molar-refractivity contribution < 1.29 is 9.53 Å². The van der Waals surface area contributed by atoms with Crippen LogP contribution in [0, 0.1) is 5.92 Å². The molecule has 0 aliphatic heterocycles. The summed E-state index contributed by atoms with van der Waals surface area (Å²) in [6.45, 7) is 1.53. The van der Waals surface area contributed by atoms with Crippen LogP contribution in [0.3, 0.4) is 0 Å². The molecule has 0 aromatic heterocycles. The topological polar surface area (TPSA) is 64.3 Å². The summed E-state index contributed by atoms with van der Waals surface area (Å²) in [6.07, 6.45) is 7.92. The van der Waals surface area contributed by atoms with Gasteiger partial charge >= 0.3 is 0 Å². The van der Waals surface area contributed by atoms with Gasteiger partial charge in [0, 0.05) is 31.0 Å². The summed E-state index contributed by atoms with van der Waals surface area (Å²) in [5.41, 5.74) is 7.08. The molecule has 0 bridgehead atoms. The molecule has 21 heavy (non-hydrogen) atoms. The zero-order valence-electron chi connectivity index (χ0n) is 12.6. The Bertz CT molecular complexity index is 442. The van der Waals surface area contributed by atoms with Gasteiger partial charge in [-0.15, -0.1) is 0 Å². The maximum atomic E-state index is 11.8. The second kappa shape index (κ2) is 8.67. The molecule has 2 rings (SSSR count). The van der Waals surface area contributed by atoms with Gasteiger partial charge in [0.2, 0.25) is 5.91 Å². The first-order chi connectivity index (χ1) is 10.2. The highest BCUT2D eigenvalue weighted by Gasteiger charge is 2.13. The summed E-state index contributed by atoms with van der Waals surface area (Å²) < 4.78 is 5.69. The predicted molar refractivity (Wildman–Crippen MR) is 86.1 cm³/mol. The smallest absolute Gasteiger partial charge is 0.224 e. The largest absolute Gasteiger partial charge is 0.399 e. The van der Waals surface area contributed by atoms with E-state index in [4.69, 9.17) is 10.5 Å². The van der Waals surface area contributed by atoms with E-state index in [1.807, 2.05) is 12.1 Å². The minimum atomic E-state index is 0.0156. The van der Waals surface area contributed by atoms with E-state index >= 15 is 0 Å². The first kappa shape index (κ1) is 15.8. The van der Waals surface area contributed by atoms with Gasteiger partial charge in [0.1, 0.15) is 0 Å². The summed E-state index contributed by atoms with van der Waals surface area (Å²) >= 11 is 0. The Morgan fingerprint density at radius 3 is 2.86 bits per heavy atom. The molecule has 0 radical (unpaired) electrons. The fraction of sp³-hybridized carbons (Fsp3) is 0.588. The molecule has 0 saturated heterocycles. The molecule has 1 saturated carbocycles. The Balaban J connectivity index is 1.54. The van der Waals surface area contributed by atoms with Gasteiger partial charge in [-0.1, -0.05) is 25.3 Å². The highest BCUT2D eigenvalue weighted by Crippen LogP contribution is 2.23. The lowest BCUT2D eigenvalue weighted by atomic mass is 9.90. The Kier molecular flexibility index (Phi) is 6.54. The van der Waals surface area contributed by atoms with Gasteiger partial charge in [0.05, 0.1) is 0 Å². The Hall–Kier alpha value is -1.55. The molecular formula is C17H26N2O2. The van der Waals surface area contributed by atoms with Gasteiger partial charge in [-0.2, -0.15) is 0 Å². The van der Waals surface area contributed by atoms with Crippen LogP contribution in [0.25, 0.3) is 0 Å². The lowest BCUT2D eigenvalue weighted by molar-refractivity contribution is -0.116. The first-order valence-corrected chi connectivity index (χ1v) is 7.97. The molecule has 0 spiro atoms. The van der Waals surface area contributed by atoms with E-state index in [-0.39, 0.29) is 5.91 Å². The van der Waals surface area contributed by atoms with Crippen LogP contribution in [0.2, 0.25) is 0 Å². The van der Waals surface area contributed by atoms with Crippen LogP contribution in [-0.2, 0) is 9.53 Å². The molecule has 1 fully saturated rings. The molecule has 0 heterocycles. The molecule has 3 N–H and O–H groups in total. The van der Waals surface area contributed by atoms with Gasteiger partial charge in [0.25, 0.3) is 0 Å². The van der Waals surface area contributed by atoms with Crippen molar-refractivity contribution in [1.82, 2.24) is 0 Å². The highest BCUT2D eigenvalue weighted by molar-refractivity contribution is 5.91. The quantitative estimate of drug-likeness (QED) is 0.596. The van der Waals surface area contributed by atoms with Gasteiger partial charge in [-0.05, 0) is 43.4 Å². The van der Waals surface area contributed by atoms with E-state index in [9.17, 15) is 4.79 Å². The Labute approximate surface area is 127 Å². The molecule has 1 aliphatic rings. The number of amides is 1. The molecule has 1 aromatic carbocycles. The highest BCUT2D eigenvalue weighted by atomic mass is 16.5. The van der Waals surface area contributed by atoms with Crippen LogP contribution in [0.5, 0.6) is 0 Å². The van der Waals surface area contributed by atoms with Crippen molar-refractivity contribution in [3.05, 3.63) is 24.3 Å². The summed E-state index contributed by atoms with van der Waals surface area (Å²) in [6, 6.07) is 7.23. The van der Waals surface area contributed by atoms with E-state index in [1.165, 1.54) is 32.1 Å². The number of benzene rings is 1. The molecule has 1 amide bonds. The lowest BCUT2D eigenvalue weighted by Gasteiger charge is -2.21. The van der Waals surface area contributed by atoms with E-state index in [0.29, 0.717) is 18.7 Å². The van der Waals surface area contributed by atoms with Crippen LogP contribution in [0.15, 0.2) is 24.3 Å². The van der Waals surface area contributed by atoms with Crippen molar-refractivity contribution in [2.24, 2.45) is 5.92 Å². The molecule has 116 valence electrons. The van der Waals surface area contributed by atoms with Gasteiger partial charge < -0.3 is 15.8 Å². The Morgan fingerprint density at radius 1 is 1.29 bits per heavy atom. The molecule has 0 unspecified atom stereocenters. The fourth-order valence-corrected chi connectivity index (χ4v) is 2.78. The summed E-state index contributed by atoms with van der Waals surface area (Å²) in [5.74, 6) is 0.752. The minimum absolute atomic E-state index is 0.0156. The van der Waals surface area contributed by atoms with Gasteiger partial charge in [-0.25, -0.2) is 0 Å². The number of nitrogen functional groups attached to an aromatic ring is 1. The molecule has 4 heteroatoms. The third kappa shape index (κ3) is 6.17. The third-order valence-corrected chi connectivity index (χ3v) is 3.94. The number of nitrogens with one attached hydrogen (secondary N) is 1. The van der Waals surface area contributed by atoms with Crippen molar-refractivity contribution in [2.75, 3.05) is 24.3 Å². The summed E-state index contributed by atoms with van der Waals surface area (Å²) in [4.78, 5) is 11.8. The molecular weight excluding hydrogens is 264 g/mol. The normalized spacial score (nSPS) is 15.8. The zero-order chi connectivity index (χ0) is 14.9. The minimum Gasteiger partial charge on any atom is -0.399 e. The molecule has 0 atom stereocenters. The van der Waals surface area contributed by atoms with Gasteiger partial charge in [0.15, 0.2) is 0 Å². The van der Waals surface area contributed by atoms with E-state index in [0.717, 1.165) is 24.6 Å². The average Bonchev–Trinajstić information content (AvgIpc) is 2.48. The maximum Gasteiger partial charge on any atom is 0.224 e. The monoisotopic (exact) mass is 290 g/mol. The zero-order valence-corrected chi connectivity index (χ0v) is 12.6. The average molecular weight is 290 g/mol. The van der Waals surface area contributed by atoms with Crippen molar-refractivity contribution >= 4 is 17.3 Å². The molecule has 1 aromatic rings. The number of carbonyl (C=O) groups is 1. The number of hydrogen-bond donors (Lipinski definition) is 2. The third-order valence-electron chi connectivity index (χ3n) is 3.94. The van der Waals surface area contributed by atoms with Crippen LogP contribution in [0.4, 0.5) is 11.4 Å². The van der Waals surface area contributed by atoms with Crippen molar-refractivity contribution in [1.29, 1.82) is 0 Å². The Morgan fingerprint density at radius 2 is 2.10 bits per heavy atom. The van der Waals surface area contributed by atoms with E-state index in [1.54, 1.807) is 12.1 Å². The van der Waals surface area contributed by atoms with Crippen LogP contribution < -0.4 is 11.1 Å². The predicted octanol–water partition coefficient (Wildman–Crippen LogP) is 3.58. The lowest BCUT2D eigenvalue weighted by Crippen LogP contribution is -2.15. The number of carbonyl (C=O) groups excluding carboxylic acids is 1. The van der Waals surface area contributed by atoms with E-state index in [2.05, 4.69) is 5.32 Å². The van der Waals surface area contributed by atoms with Crippen LogP contribution in [-0.4, -0.2) is 19.1 Å². The van der Waals surface area contributed by atoms with Crippen molar-refractivity contribution in [2.45, 2.75) is 44.9 Å². The molecule has 1 aliphatic carbocycles. The van der Waals surface area contributed by atoms with Gasteiger partial charge in [-0.3, -0.25) is 4.79 Å². The summed E-state index contributed by atoms with van der Waals surface area (Å²) in [5, 5.41) is 2.85. The number of anilines is 2. The second-order valence-corrected chi connectivity index (χ2v) is 5.86. The van der Waals surface area contributed by atoms with Crippen molar-refractivity contribution in [3.63, 3.8) is 0 Å². The number of rotatable bonds is 7. The SMILES string of the molecule is Nc1cccc(NC(=O)CCCOCC2CCCCC2)c1. The number of nitrogens with two attached hydrogens (primary N) is 1. The second-order valence-electron chi connectivity index (χ2n) is 5.86. The molecule has 4 nitrogen and oxygen atoms in total. The standard InChI is InChI=1S/C17H26N2O2/c18-15-8-4-9-16(12-15)19-17(20)10-5-11-21-13-14-6-2-1-3-7-14/h4,8-9,12,14H,1-3,5-7,10-11,13,18H2,(H,19,20).